The molecule has 1 aromatic carbocycles. The number of halogens is 4. The molecule has 4 nitrogen and oxygen atoms in total. The Morgan fingerprint density at radius 1 is 1.05 bits per heavy atom. The summed E-state index contributed by atoms with van der Waals surface area (Å²) in [5, 5.41) is 18.0. The van der Waals surface area contributed by atoms with E-state index < -0.39 is 35.4 Å². The molecule has 0 fully saturated rings. The van der Waals surface area contributed by atoms with Gasteiger partial charge in [0.25, 0.3) is 0 Å². The first kappa shape index (κ1) is 13.7. The van der Waals surface area contributed by atoms with Crippen molar-refractivity contribution >= 4 is 5.82 Å². The molecule has 0 aliphatic rings. The van der Waals surface area contributed by atoms with Crippen LogP contribution in [-0.4, -0.2) is 10.2 Å². The fourth-order valence-electron chi connectivity index (χ4n) is 1.44. The molecular formula is C12H6F4N4. The number of aromatic nitrogens is 2. The highest BCUT2D eigenvalue weighted by molar-refractivity contribution is 5.37. The van der Waals surface area contributed by atoms with Crippen LogP contribution >= 0.6 is 0 Å². The van der Waals surface area contributed by atoms with Crippen molar-refractivity contribution in [1.29, 1.82) is 5.26 Å². The molecule has 0 atom stereocenters. The lowest BCUT2D eigenvalue weighted by molar-refractivity contribution is 0.441. The third kappa shape index (κ3) is 2.66. The minimum Gasteiger partial charge on any atom is -0.364 e. The first-order valence-electron chi connectivity index (χ1n) is 5.32. The van der Waals surface area contributed by atoms with E-state index in [-0.39, 0.29) is 17.6 Å². The van der Waals surface area contributed by atoms with Gasteiger partial charge in [-0.2, -0.15) is 5.26 Å². The summed E-state index contributed by atoms with van der Waals surface area (Å²) in [5.41, 5.74) is -0.724. The predicted molar refractivity (Wildman–Crippen MR) is 60.3 cm³/mol. The lowest BCUT2D eigenvalue weighted by Crippen LogP contribution is -2.09. The molecule has 20 heavy (non-hydrogen) atoms. The SMILES string of the molecule is N#Cc1ccc(NCc2c(F)c(F)cc(F)c2F)nn1. The lowest BCUT2D eigenvalue weighted by Gasteiger charge is -2.08. The molecule has 0 saturated carbocycles. The van der Waals surface area contributed by atoms with Crippen LogP contribution in [0.5, 0.6) is 0 Å². The van der Waals surface area contributed by atoms with Crippen molar-refractivity contribution in [3.05, 3.63) is 52.7 Å². The molecule has 0 spiro atoms. The van der Waals surface area contributed by atoms with Crippen LogP contribution in [0.3, 0.4) is 0 Å². The molecule has 0 bridgehead atoms. The Balaban J connectivity index is 2.20. The standard InChI is InChI=1S/C12H6F4N4/c13-8-3-9(14)12(16)7(11(8)15)5-18-10-2-1-6(4-17)19-20-10/h1-3H,5H2,(H,18,20). The van der Waals surface area contributed by atoms with Gasteiger partial charge in [-0.15, -0.1) is 10.2 Å². The predicted octanol–water partition coefficient (Wildman–Crippen LogP) is 2.52. The van der Waals surface area contributed by atoms with Gasteiger partial charge in [-0.25, -0.2) is 17.6 Å². The molecule has 0 unspecified atom stereocenters. The van der Waals surface area contributed by atoms with Crippen molar-refractivity contribution in [2.24, 2.45) is 0 Å². The van der Waals surface area contributed by atoms with E-state index in [1.54, 1.807) is 6.07 Å². The average molecular weight is 282 g/mol. The summed E-state index contributed by atoms with van der Waals surface area (Å²) in [5.74, 6) is -5.80. The van der Waals surface area contributed by atoms with Gasteiger partial charge in [0.05, 0.1) is 0 Å². The molecule has 0 aliphatic carbocycles. The Morgan fingerprint density at radius 2 is 1.70 bits per heavy atom. The molecular weight excluding hydrogens is 276 g/mol. The summed E-state index contributed by atoms with van der Waals surface area (Å²) in [7, 11) is 0. The van der Waals surface area contributed by atoms with Gasteiger partial charge in [0.2, 0.25) is 0 Å². The first-order chi connectivity index (χ1) is 9.52. The first-order valence-corrected chi connectivity index (χ1v) is 5.32. The smallest absolute Gasteiger partial charge is 0.166 e. The van der Waals surface area contributed by atoms with Gasteiger partial charge in [-0.05, 0) is 12.1 Å². The van der Waals surface area contributed by atoms with Crippen LogP contribution in [0.2, 0.25) is 0 Å². The number of nitrogens with zero attached hydrogens (tertiary/aromatic N) is 3. The number of nitrogens with one attached hydrogen (secondary N) is 1. The van der Waals surface area contributed by atoms with Crippen LogP contribution in [0.4, 0.5) is 23.4 Å². The van der Waals surface area contributed by atoms with E-state index in [4.69, 9.17) is 5.26 Å². The zero-order chi connectivity index (χ0) is 14.7. The second-order valence-electron chi connectivity index (χ2n) is 3.72. The molecule has 1 N–H and O–H groups in total. The monoisotopic (exact) mass is 282 g/mol. The highest BCUT2D eigenvalue weighted by Crippen LogP contribution is 2.20. The summed E-state index contributed by atoms with van der Waals surface area (Å²) in [6, 6.07) is 4.55. The van der Waals surface area contributed by atoms with Crippen LogP contribution in [0.15, 0.2) is 18.2 Å². The quantitative estimate of drug-likeness (QED) is 0.694. The van der Waals surface area contributed by atoms with Gasteiger partial charge in [-0.1, -0.05) is 0 Å². The lowest BCUT2D eigenvalue weighted by atomic mass is 10.2. The summed E-state index contributed by atoms with van der Waals surface area (Å²) in [4.78, 5) is 0. The van der Waals surface area contributed by atoms with Crippen LogP contribution in [-0.2, 0) is 6.54 Å². The van der Waals surface area contributed by atoms with Gasteiger partial charge >= 0.3 is 0 Å². The molecule has 102 valence electrons. The normalized spacial score (nSPS) is 10.2. The van der Waals surface area contributed by atoms with Crippen molar-refractivity contribution < 1.29 is 17.6 Å². The second-order valence-corrected chi connectivity index (χ2v) is 3.72. The van der Waals surface area contributed by atoms with Crippen molar-refractivity contribution in [1.82, 2.24) is 10.2 Å². The number of benzene rings is 1. The molecule has 1 heterocycles. The highest BCUT2D eigenvalue weighted by Gasteiger charge is 2.18. The Kier molecular flexibility index (Phi) is 3.79. The molecule has 0 amide bonds. The molecule has 8 heteroatoms. The van der Waals surface area contributed by atoms with Gasteiger partial charge < -0.3 is 5.32 Å². The van der Waals surface area contributed by atoms with Crippen LogP contribution < -0.4 is 5.32 Å². The topological polar surface area (TPSA) is 61.6 Å². The maximum absolute atomic E-state index is 13.4. The maximum atomic E-state index is 13.4. The maximum Gasteiger partial charge on any atom is 0.166 e. The Labute approximate surface area is 110 Å². The number of anilines is 1. The van der Waals surface area contributed by atoms with Crippen LogP contribution in [0, 0.1) is 34.6 Å². The minimum atomic E-state index is -1.48. The summed E-state index contributed by atoms with van der Waals surface area (Å²) >= 11 is 0. The van der Waals surface area contributed by atoms with Gasteiger partial charge in [0, 0.05) is 18.2 Å². The van der Waals surface area contributed by atoms with Gasteiger partial charge in [0.15, 0.2) is 29.0 Å². The third-order valence-corrected chi connectivity index (χ3v) is 2.43. The van der Waals surface area contributed by atoms with E-state index in [1.165, 1.54) is 12.1 Å². The van der Waals surface area contributed by atoms with E-state index in [2.05, 4.69) is 15.5 Å². The zero-order valence-corrected chi connectivity index (χ0v) is 9.79. The van der Waals surface area contributed by atoms with Crippen LogP contribution in [0.25, 0.3) is 0 Å². The third-order valence-electron chi connectivity index (χ3n) is 2.43. The Bertz CT molecular complexity index is 653. The fourth-order valence-corrected chi connectivity index (χ4v) is 1.44. The summed E-state index contributed by atoms with van der Waals surface area (Å²) < 4.78 is 52.7. The fraction of sp³-hybridized carbons (Fsp3) is 0.0833. The number of nitriles is 1. The number of rotatable bonds is 3. The van der Waals surface area contributed by atoms with Gasteiger partial charge in [-0.3, -0.25) is 0 Å². The van der Waals surface area contributed by atoms with Crippen LogP contribution in [0.1, 0.15) is 11.3 Å². The molecule has 0 radical (unpaired) electrons. The van der Waals surface area contributed by atoms with Crippen molar-refractivity contribution in [3.63, 3.8) is 0 Å². The van der Waals surface area contributed by atoms with E-state index in [1.807, 2.05) is 0 Å². The van der Waals surface area contributed by atoms with E-state index in [0.717, 1.165) is 0 Å². The number of hydrogen-bond acceptors (Lipinski definition) is 4. The molecule has 0 saturated heterocycles. The molecule has 2 rings (SSSR count). The largest absolute Gasteiger partial charge is 0.364 e. The Hall–Kier alpha value is -2.69. The Morgan fingerprint density at radius 3 is 2.20 bits per heavy atom. The molecule has 0 aliphatic heterocycles. The van der Waals surface area contributed by atoms with Crippen molar-refractivity contribution in [2.75, 3.05) is 5.32 Å². The minimum absolute atomic E-state index is 0.0599. The number of hydrogen-bond donors (Lipinski definition) is 1. The van der Waals surface area contributed by atoms with E-state index >= 15 is 0 Å². The van der Waals surface area contributed by atoms with E-state index in [0.29, 0.717) is 0 Å². The molecule has 1 aromatic heterocycles. The summed E-state index contributed by atoms with van der Waals surface area (Å²) in [6.07, 6.45) is 0. The van der Waals surface area contributed by atoms with Gasteiger partial charge in [0.1, 0.15) is 11.9 Å². The summed E-state index contributed by atoms with van der Waals surface area (Å²) in [6.45, 7) is -0.521. The van der Waals surface area contributed by atoms with E-state index in [9.17, 15) is 17.6 Å². The van der Waals surface area contributed by atoms with Crippen molar-refractivity contribution in [3.8, 4) is 6.07 Å². The molecule has 2 aromatic rings. The van der Waals surface area contributed by atoms with Crippen molar-refractivity contribution in [2.45, 2.75) is 6.54 Å². The average Bonchev–Trinajstić information content (AvgIpc) is 2.46. The zero-order valence-electron chi connectivity index (χ0n) is 9.79. The highest BCUT2D eigenvalue weighted by atomic mass is 19.2. The second kappa shape index (κ2) is 5.52.